The van der Waals surface area contributed by atoms with Gasteiger partial charge in [-0.3, -0.25) is 4.79 Å². The molecule has 0 fully saturated rings. The molecule has 1 aromatic heterocycles. The smallest absolute Gasteiger partial charge is 0.364 e. The second-order valence-electron chi connectivity index (χ2n) is 3.57. The molecule has 0 aliphatic rings. The largest absolute Gasteiger partial charge is 0.411 e. The molecule has 1 heterocycles. The SMILES string of the molecule is Cc1nc(CC(=O)COCC(F)(F)F)sc1C. The molecule has 0 atom stereocenters. The molecule has 0 N–H and O–H groups in total. The summed E-state index contributed by atoms with van der Waals surface area (Å²) in [4.78, 5) is 16.4. The Morgan fingerprint density at radius 2 is 2.06 bits per heavy atom. The Balaban J connectivity index is 2.35. The molecule has 0 radical (unpaired) electrons. The van der Waals surface area contributed by atoms with Crippen molar-refractivity contribution in [3.8, 4) is 0 Å². The summed E-state index contributed by atoms with van der Waals surface area (Å²) >= 11 is 1.37. The summed E-state index contributed by atoms with van der Waals surface area (Å²) in [6, 6.07) is 0. The summed E-state index contributed by atoms with van der Waals surface area (Å²) in [6.07, 6.45) is -4.37. The van der Waals surface area contributed by atoms with Crippen molar-refractivity contribution in [2.45, 2.75) is 26.4 Å². The molecule has 3 nitrogen and oxygen atoms in total. The van der Waals surface area contributed by atoms with Gasteiger partial charge in [0.15, 0.2) is 5.78 Å². The predicted octanol–water partition coefficient (Wildman–Crippen LogP) is 2.45. The minimum Gasteiger partial charge on any atom is -0.364 e. The van der Waals surface area contributed by atoms with E-state index in [0.29, 0.717) is 5.01 Å². The maximum Gasteiger partial charge on any atom is 0.411 e. The normalized spacial score (nSPS) is 11.8. The second kappa shape index (κ2) is 5.59. The fourth-order valence-electron chi connectivity index (χ4n) is 1.12. The van der Waals surface area contributed by atoms with Gasteiger partial charge in [-0.05, 0) is 13.8 Å². The molecule has 0 aliphatic heterocycles. The highest BCUT2D eigenvalue weighted by Crippen LogP contribution is 2.17. The van der Waals surface area contributed by atoms with Crippen molar-refractivity contribution >= 4 is 17.1 Å². The van der Waals surface area contributed by atoms with E-state index in [1.165, 1.54) is 11.3 Å². The van der Waals surface area contributed by atoms with Crippen LogP contribution in [0.4, 0.5) is 13.2 Å². The molecule has 0 saturated heterocycles. The molecule has 7 heteroatoms. The van der Waals surface area contributed by atoms with Crippen molar-refractivity contribution in [3.63, 3.8) is 0 Å². The number of thiazole rings is 1. The van der Waals surface area contributed by atoms with E-state index in [1.54, 1.807) is 0 Å². The van der Waals surface area contributed by atoms with E-state index >= 15 is 0 Å². The summed E-state index contributed by atoms with van der Waals surface area (Å²) in [5, 5.41) is 0.612. The quantitative estimate of drug-likeness (QED) is 0.822. The Morgan fingerprint density at radius 3 is 2.53 bits per heavy atom. The molecular weight excluding hydrogens is 255 g/mol. The average molecular weight is 267 g/mol. The Morgan fingerprint density at radius 1 is 1.41 bits per heavy atom. The van der Waals surface area contributed by atoms with E-state index in [1.807, 2.05) is 13.8 Å². The number of nitrogens with zero attached hydrogens (tertiary/aromatic N) is 1. The summed E-state index contributed by atoms with van der Waals surface area (Å²) < 4.78 is 39.5. The van der Waals surface area contributed by atoms with Gasteiger partial charge >= 0.3 is 6.18 Å². The van der Waals surface area contributed by atoms with Gasteiger partial charge in [-0.1, -0.05) is 0 Å². The maximum absolute atomic E-state index is 11.7. The summed E-state index contributed by atoms with van der Waals surface area (Å²) in [5.41, 5.74) is 0.842. The highest BCUT2D eigenvalue weighted by Gasteiger charge is 2.27. The number of hydrogen-bond acceptors (Lipinski definition) is 4. The van der Waals surface area contributed by atoms with Gasteiger partial charge in [-0.25, -0.2) is 4.98 Å². The Labute approximate surface area is 101 Å². The summed E-state index contributed by atoms with van der Waals surface area (Å²) in [6.45, 7) is 1.77. The fraction of sp³-hybridized carbons (Fsp3) is 0.600. The Hall–Kier alpha value is -0.950. The molecule has 1 aromatic rings. The van der Waals surface area contributed by atoms with Crippen molar-refractivity contribution in [2.24, 2.45) is 0 Å². The van der Waals surface area contributed by atoms with Gasteiger partial charge in [0.25, 0.3) is 0 Å². The van der Waals surface area contributed by atoms with Gasteiger partial charge in [0.05, 0.1) is 12.1 Å². The molecule has 0 spiro atoms. The topological polar surface area (TPSA) is 39.2 Å². The van der Waals surface area contributed by atoms with Crippen molar-refractivity contribution < 1.29 is 22.7 Å². The van der Waals surface area contributed by atoms with Crippen LogP contribution in [0.25, 0.3) is 0 Å². The molecule has 1 rings (SSSR count). The third-order valence-corrected chi connectivity index (χ3v) is 3.02. The number of ketones is 1. The molecule has 0 aliphatic carbocycles. The van der Waals surface area contributed by atoms with Gasteiger partial charge < -0.3 is 4.74 Å². The average Bonchev–Trinajstić information content (AvgIpc) is 2.43. The number of rotatable bonds is 5. The third-order valence-electron chi connectivity index (χ3n) is 1.95. The number of aryl methyl sites for hydroxylation is 2. The van der Waals surface area contributed by atoms with Gasteiger partial charge in [-0.2, -0.15) is 13.2 Å². The Bertz CT molecular complexity index is 381. The first-order valence-corrected chi connectivity index (χ1v) is 5.68. The van der Waals surface area contributed by atoms with Gasteiger partial charge in [0.2, 0.25) is 0 Å². The lowest BCUT2D eigenvalue weighted by Crippen LogP contribution is -2.21. The van der Waals surface area contributed by atoms with Crippen molar-refractivity contribution in [3.05, 3.63) is 15.6 Å². The zero-order valence-electron chi connectivity index (χ0n) is 9.43. The third kappa shape index (κ3) is 5.27. The van der Waals surface area contributed by atoms with E-state index in [4.69, 9.17) is 0 Å². The number of ether oxygens (including phenoxy) is 1. The molecule has 0 bridgehead atoms. The highest BCUT2D eigenvalue weighted by atomic mass is 32.1. The first kappa shape index (κ1) is 14.1. The monoisotopic (exact) mass is 267 g/mol. The summed E-state index contributed by atoms with van der Waals surface area (Å²) in [5.74, 6) is -0.400. The van der Waals surface area contributed by atoms with Crippen LogP contribution in [-0.4, -0.2) is 30.2 Å². The van der Waals surface area contributed by atoms with Crippen LogP contribution >= 0.6 is 11.3 Å². The molecule has 0 aromatic carbocycles. The lowest BCUT2D eigenvalue weighted by Gasteiger charge is -2.06. The van der Waals surface area contributed by atoms with E-state index in [2.05, 4.69) is 9.72 Å². The minimum absolute atomic E-state index is 0.0250. The van der Waals surface area contributed by atoms with E-state index in [0.717, 1.165) is 10.6 Å². The molecular formula is C10H12F3NO2S. The molecule has 0 unspecified atom stereocenters. The van der Waals surface area contributed by atoms with Gasteiger partial charge in [-0.15, -0.1) is 11.3 Å². The van der Waals surface area contributed by atoms with Crippen molar-refractivity contribution in [1.82, 2.24) is 4.98 Å². The van der Waals surface area contributed by atoms with E-state index in [9.17, 15) is 18.0 Å². The van der Waals surface area contributed by atoms with Crippen LogP contribution in [0, 0.1) is 13.8 Å². The number of Topliss-reactive ketones (excluding diaryl/α,β-unsaturated/α-hetero) is 1. The van der Waals surface area contributed by atoms with Crippen LogP contribution in [-0.2, 0) is 16.0 Å². The number of carbonyl (C=O) groups excluding carboxylic acids is 1. The number of aromatic nitrogens is 1. The standard InChI is InChI=1S/C10H12F3NO2S/c1-6-7(2)17-9(14-6)3-8(15)4-16-5-10(11,12)13/h3-5H2,1-2H3. The zero-order chi connectivity index (χ0) is 13.1. The molecule has 0 saturated carbocycles. The van der Waals surface area contributed by atoms with Crippen LogP contribution in [0.5, 0.6) is 0 Å². The maximum atomic E-state index is 11.7. The fourth-order valence-corrected chi connectivity index (χ4v) is 2.08. The van der Waals surface area contributed by atoms with Crippen molar-refractivity contribution in [1.29, 1.82) is 0 Å². The van der Waals surface area contributed by atoms with Crippen LogP contribution < -0.4 is 0 Å². The first-order valence-electron chi connectivity index (χ1n) is 4.87. The van der Waals surface area contributed by atoms with E-state index in [-0.39, 0.29) is 6.42 Å². The van der Waals surface area contributed by atoms with Gasteiger partial charge in [0.1, 0.15) is 18.2 Å². The minimum atomic E-state index is -4.39. The molecule has 96 valence electrons. The number of halogens is 3. The van der Waals surface area contributed by atoms with Crippen LogP contribution in [0.1, 0.15) is 15.6 Å². The number of carbonyl (C=O) groups is 1. The number of alkyl halides is 3. The zero-order valence-corrected chi connectivity index (χ0v) is 10.2. The summed E-state index contributed by atoms with van der Waals surface area (Å²) in [7, 11) is 0. The Kier molecular flexibility index (Phi) is 4.64. The first-order chi connectivity index (χ1) is 7.78. The molecule has 17 heavy (non-hydrogen) atoms. The predicted molar refractivity (Wildman–Crippen MR) is 57.2 cm³/mol. The molecule has 0 amide bonds. The lowest BCUT2D eigenvalue weighted by molar-refractivity contribution is -0.175. The van der Waals surface area contributed by atoms with Gasteiger partial charge in [0, 0.05) is 4.88 Å². The number of hydrogen-bond donors (Lipinski definition) is 0. The van der Waals surface area contributed by atoms with Crippen LogP contribution in [0.15, 0.2) is 0 Å². The van der Waals surface area contributed by atoms with Crippen molar-refractivity contribution in [2.75, 3.05) is 13.2 Å². The second-order valence-corrected chi connectivity index (χ2v) is 4.86. The van der Waals surface area contributed by atoms with E-state index < -0.39 is 25.2 Å². The highest BCUT2D eigenvalue weighted by molar-refractivity contribution is 7.11. The van der Waals surface area contributed by atoms with Crippen LogP contribution in [0.2, 0.25) is 0 Å². The van der Waals surface area contributed by atoms with Crippen LogP contribution in [0.3, 0.4) is 0 Å². The lowest BCUT2D eigenvalue weighted by atomic mass is 10.3.